The van der Waals surface area contributed by atoms with Crippen LogP contribution in [0.25, 0.3) is 0 Å². The van der Waals surface area contributed by atoms with Crippen molar-refractivity contribution in [3.8, 4) is 0 Å². The first-order chi connectivity index (χ1) is 14.6. The van der Waals surface area contributed by atoms with Crippen molar-refractivity contribution in [3.63, 3.8) is 0 Å². The van der Waals surface area contributed by atoms with Crippen LogP contribution in [0.4, 0.5) is 23.0 Å². The van der Waals surface area contributed by atoms with Crippen LogP contribution in [0.1, 0.15) is 21.7 Å². The van der Waals surface area contributed by atoms with Crippen LogP contribution in [0.2, 0.25) is 0 Å². The van der Waals surface area contributed by atoms with Gasteiger partial charge in [0.05, 0.1) is 13.2 Å². The van der Waals surface area contributed by atoms with Gasteiger partial charge in [-0.05, 0) is 49.7 Å². The highest BCUT2D eigenvalue weighted by Gasteiger charge is 2.14. The molecule has 0 bridgehead atoms. The maximum atomic E-state index is 12.5. The number of ether oxygens (including phenoxy) is 1. The molecule has 7 nitrogen and oxygen atoms in total. The van der Waals surface area contributed by atoms with E-state index in [0.717, 1.165) is 41.7 Å². The summed E-state index contributed by atoms with van der Waals surface area (Å²) in [7, 11) is 0. The Balaban J connectivity index is 1.44. The number of nitrogens with zero attached hydrogens (tertiary/aromatic N) is 3. The molecule has 1 aliphatic heterocycles. The van der Waals surface area contributed by atoms with E-state index in [9.17, 15) is 4.79 Å². The van der Waals surface area contributed by atoms with E-state index in [4.69, 9.17) is 4.74 Å². The molecule has 154 valence electrons. The Bertz CT molecular complexity index is 1030. The van der Waals surface area contributed by atoms with Crippen LogP contribution in [0.5, 0.6) is 0 Å². The van der Waals surface area contributed by atoms with Crippen LogP contribution in [-0.2, 0) is 4.74 Å². The number of benzene rings is 2. The van der Waals surface area contributed by atoms with Crippen LogP contribution in [0.3, 0.4) is 0 Å². The molecule has 2 aromatic carbocycles. The molecule has 1 aliphatic rings. The van der Waals surface area contributed by atoms with Crippen molar-refractivity contribution in [2.45, 2.75) is 13.8 Å². The minimum Gasteiger partial charge on any atom is -0.378 e. The van der Waals surface area contributed by atoms with Gasteiger partial charge in [-0.2, -0.15) is 0 Å². The zero-order chi connectivity index (χ0) is 20.9. The van der Waals surface area contributed by atoms with E-state index in [1.165, 1.54) is 0 Å². The molecule has 3 aromatic rings. The molecule has 1 amide bonds. The Hall–Kier alpha value is -3.45. The lowest BCUT2D eigenvalue weighted by Gasteiger charge is -2.28. The summed E-state index contributed by atoms with van der Waals surface area (Å²) in [5.74, 6) is 2.23. The number of carbonyl (C=O) groups is 1. The minimum absolute atomic E-state index is 0.115. The number of hydrogen-bond donors (Lipinski definition) is 2. The van der Waals surface area contributed by atoms with Gasteiger partial charge in [0.15, 0.2) is 0 Å². The zero-order valence-electron chi connectivity index (χ0n) is 17.2. The maximum Gasteiger partial charge on any atom is 0.255 e. The van der Waals surface area contributed by atoms with Crippen molar-refractivity contribution in [3.05, 3.63) is 71.5 Å². The van der Waals surface area contributed by atoms with E-state index in [1.54, 1.807) is 0 Å². The van der Waals surface area contributed by atoms with E-state index in [-0.39, 0.29) is 5.91 Å². The van der Waals surface area contributed by atoms with Crippen molar-refractivity contribution in [2.75, 3.05) is 41.8 Å². The molecule has 30 heavy (non-hydrogen) atoms. The highest BCUT2D eigenvalue weighted by Crippen LogP contribution is 2.22. The van der Waals surface area contributed by atoms with Crippen molar-refractivity contribution in [1.29, 1.82) is 0 Å². The van der Waals surface area contributed by atoms with E-state index >= 15 is 0 Å². The molecule has 7 heteroatoms. The van der Waals surface area contributed by atoms with Gasteiger partial charge >= 0.3 is 0 Å². The summed E-state index contributed by atoms with van der Waals surface area (Å²) in [5.41, 5.74) is 3.24. The fraction of sp³-hybridized carbons (Fsp3) is 0.261. The van der Waals surface area contributed by atoms with E-state index in [2.05, 4.69) is 25.5 Å². The van der Waals surface area contributed by atoms with Crippen LogP contribution < -0.4 is 15.5 Å². The molecule has 2 heterocycles. The van der Waals surface area contributed by atoms with Crippen LogP contribution in [-0.4, -0.2) is 42.2 Å². The van der Waals surface area contributed by atoms with Gasteiger partial charge in [-0.1, -0.05) is 18.2 Å². The third-order valence-corrected chi connectivity index (χ3v) is 4.96. The van der Waals surface area contributed by atoms with Gasteiger partial charge in [-0.3, -0.25) is 4.79 Å². The number of carbonyl (C=O) groups excluding carboxylic acids is 1. The van der Waals surface area contributed by atoms with Gasteiger partial charge in [-0.25, -0.2) is 9.97 Å². The first-order valence-electron chi connectivity index (χ1n) is 10.0. The normalized spacial score (nSPS) is 13.7. The SMILES string of the molecule is Cc1nc(Nc2ccc(NC(=O)c3ccccc3C)cc2)cc(N2CCOCC2)n1. The van der Waals surface area contributed by atoms with Gasteiger partial charge in [0, 0.05) is 36.1 Å². The molecule has 1 aromatic heterocycles. The first kappa shape index (κ1) is 19.8. The Morgan fingerprint density at radius 2 is 1.67 bits per heavy atom. The van der Waals surface area contributed by atoms with Gasteiger partial charge in [0.25, 0.3) is 5.91 Å². The lowest BCUT2D eigenvalue weighted by Crippen LogP contribution is -2.36. The van der Waals surface area contributed by atoms with Crippen molar-refractivity contribution >= 4 is 28.9 Å². The molecule has 1 fully saturated rings. The Kier molecular flexibility index (Phi) is 5.90. The fourth-order valence-corrected chi connectivity index (χ4v) is 3.38. The summed E-state index contributed by atoms with van der Waals surface area (Å²) in [6.07, 6.45) is 0. The fourth-order valence-electron chi connectivity index (χ4n) is 3.38. The zero-order valence-corrected chi connectivity index (χ0v) is 17.2. The highest BCUT2D eigenvalue weighted by atomic mass is 16.5. The number of morpholine rings is 1. The Morgan fingerprint density at radius 3 is 2.40 bits per heavy atom. The molecule has 0 aliphatic carbocycles. The van der Waals surface area contributed by atoms with E-state index in [0.29, 0.717) is 24.6 Å². The van der Waals surface area contributed by atoms with Crippen LogP contribution in [0.15, 0.2) is 54.6 Å². The molecule has 0 spiro atoms. The quantitative estimate of drug-likeness (QED) is 0.672. The Labute approximate surface area is 176 Å². The van der Waals surface area contributed by atoms with E-state index < -0.39 is 0 Å². The standard InChI is InChI=1S/C23H25N5O2/c1-16-5-3-4-6-20(16)23(29)27-19-9-7-18(8-10-19)26-21-15-22(25-17(2)24-21)28-11-13-30-14-12-28/h3-10,15H,11-14H2,1-2H3,(H,27,29)(H,24,25,26). The molecule has 2 N–H and O–H groups in total. The van der Waals surface area contributed by atoms with Crippen molar-refractivity contribution in [1.82, 2.24) is 9.97 Å². The molecule has 4 rings (SSSR count). The average molecular weight is 403 g/mol. The van der Waals surface area contributed by atoms with Gasteiger partial charge in [-0.15, -0.1) is 0 Å². The number of anilines is 4. The Morgan fingerprint density at radius 1 is 0.967 bits per heavy atom. The summed E-state index contributed by atoms with van der Waals surface area (Å²) >= 11 is 0. The molecule has 0 unspecified atom stereocenters. The van der Waals surface area contributed by atoms with Gasteiger partial charge in [0.1, 0.15) is 17.5 Å². The summed E-state index contributed by atoms with van der Waals surface area (Å²) in [4.78, 5) is 23.7. The molecule has 0 atom stereocenters. The molecule has 0 radical (unpaired) electrons. The first-order valence-corrected chi connectivity index (χ1v) is 10.0. The average Bonchev–Trinajstić information content (AvgIpc) is 2.75. The lowest BCUT2D eigenvalue weighted by atomic mass is 10.1. The molecule has 1 saturated heterocycles. The number of amides is 1. The van der Waals surface area contributed by atoms with Crippen LogP contribution in [0, 0.1) is 13.8 Å². The predicted octanol–water partition coefficient (Wildman–Crippen LogP) is 3.93. The van der Waals surface area contributed by atoms with Gasteiger partial charge < -0.3 is 20.3 Å². The third-order valence-electron chi connectivity index (χ3n) is 4.96. The highest BCUT2D eigenvalue weighted by molar-refractivity contribution is 6.05. The number of nitrogens with one attached hydrogen (secondary N) is 2. The number of aromatic nitrogens is 2. The minimum atomic E-state index is -0.115. The number of aryl methyl sites for hydroxylation is 2. The largest absolute Gasteiger partial charge is 0.378 e. The summed E-state index contributed by atoms with van der Waals surface area (Å²) in [6.45, 7) is 6.88. The van der Waals surface area contributed by atoms with Crippen molar-refractivity contribution < 1.29 is 9.53 Å². The number of rotatable bonds is 5. The topological polar surface area (TPSA) is 79.4 Å². The monoisotopic (exact) mass is 403 g/mol. The molecular weight excluding hydrogens is 378 g/mol. The third kappa shape index (κ3) is 4.75. The lowest BCUT2D eigenvalue weighted by molar-refractivity contribution is 0.102. The smallest absolute Gasteiger partial charge is 0.255 e. The van der Waals surface area contributed by atoms with Gasteiger partial charge in [0.2, 0.25) is 0 Å². The maximum absolute atomic E-state index is 12.5. The summed E-state index contributed by atoms with van der Waals surface area (Å²) < 4.78 is 5.42. The van der Waals surface area contributed by atoms with E-state index in [1.807, 2.05) is 68.4 Å². The molecular formula is C23H25N5O2. The predicted molar refractivity (Wildman–Crippen MR) is 119 cm³/mol. The second-order valence-corrected chi connectivity index (χ2v) is 7.23. The van der Waals surface area contributed by atoms with Crippen LogP contribution >= 0.6 is 0 Å². The second-order valence-electron chi connectivity index (χ2n) is 7.23. The summed E-state index contributed by atoms with van der Waals surface area (Å²) in [5, 5.41) is 6.26. The van der Waals surface area contributed by atoms with Crippen molar-refractivity contribution in [2.24, 2.45) is 0 Å². The summed E-state index contributed by atoms with van der Waals surface area (Å²) in [6, 6.07) is 17.1. The number of hydrogen-bond acceptors (Lipinski definition) is 6. The second kappa shape index (κ2) is 8.92. The molecule has 0 saturated carbocycles.